The molecule has 1 aromatic carbocycles. The van der Waals surface area contributed by atoms with Gasteiger partial charge in [-0.05, 0) is 55.8 Å². The Bertz CT molecular complexity index is 665. The normalized spacial score (nSPS) is 19.0. The minimum absolute atomic E-state index is 0.541. The van der Waals surface area contributed by atoms with E-state index in [1.54, 1.807) is 24.4 Å². The van der Waals surface area contributed by atoms with Crippen LogP contribution in [-0.4, -0.2) is 23.2 Å². The summed E-state index contributed by atoms with van der Waals surface area (Å²) in [5, 5.41) is 14.2. The molecule has 0 spiro atoms. The molecule has 3 nitrogen and oxygen atoms in total. The molecule has 1 aliphatic heterocycles. The van der Waals surface area contributed by atoms with Crippen LogP contribution in [0.15, 0.2) is 48.7 Å². The summed E-state index contributed by atoms with van der Waals surface area (Å²) in [7, 11) is 0. The summed E-state index contributed by atoms with van der Waals surface area (Å²) in [6.07, 6.45) is -2.34. The van der Waals surface area contributed by atoms with Crippen molar-refractivity contribution in [1.82, 2.24) is 10.3 Å². The lowest BCUT2D eigenvalue weighted by Crippen LogP contribution is -2.44. The van der Waals surface area contributed by atoms with Crippen molar-refractivity contribution in [3.63, 3.8) is 0 Å². The van der Waals surface area contributed by atoms with Gasteiger partial charge in [-0.25, -0.2) is 0 Å². The lowest BCUT2D eigenvalue weighted by atomic mass is 9.68. The second-order valence-corrected chi connectivity index (χ2v) is 6.14. The van der Waals surface area contributed by atoms with Gasteiger partial charge in [-0.15, -0.1) is 0 Å². The third kappa shape index (κ3) is 3.16. The van der Waals surface area contributed by atoms with Gasteiger partial charge in [0.25, 0.3) is 0 Å². The van der Waals surface area contributed by atoms with Crippen molar-refractivity contribution in [2.24, 2.45) is 0 Å². The molecule has 24 heavy (non-hydrogen) atoms. The van der Waals surface area contributed by atoms with E-state index in [1.165, 1.54) is 12.1 Å². The molecule has 128 valence electrons. The number of hydrogen-bond donors (Lipinski definition) is 2. The Balaban J connectivity index is 2.00. The van der Waals surface area contributed by atoms with Gasteiger partial charge in [0.1, 0.15) is 6.10 Å². The Morgan fingerprint density at radius 2 is 1.71 bits per heavy atom. The number of aliphatic hydroxyl groups is 1. The highest BCUT2D eigenvalue weighted by atomic mass is 19.4. The first-order valence-corrected chi connectivity index (χ1v) is 7.91. The number of rotatable bonds is 3. The third-order valence-electron chi connectivity index (χ3n) is 4.77. The first kappa shape index (κ1) is 16.9. The van der Waals surface area contributed by atoms with E-state index < -0.39 is 23.3 Å². The summed E-state index contributed by atoms with van der Waals surface area (Å²) in [5.41, 5.74) is -0.0545. The average molecular weight is 336 g/mol. The fraction of sp³-hybridized carbons (Fsp3) is 0.389. The Morgan fingerprint density at radius 1 is 1.04 bits per heavy atom. The Hall–Kier alpha value is -1.92. The number of nitrogens with zero attached hydrogens (tertiary/aromatic N) is 1. The lowest BCUT2D eigenvalue weighted by molar-refractivity contribution is -0.137. The van der Waals surface area contributed by atoms with E-state index in [0.29, 0.717) is 31.6 Å². The van der Waals surface area contributed by atoms with E-state index in [9.17, 15) is 18.3 Å². The zero-order valence-corrected chi connectivity index (χ0v) is 13.1. The minimum atomic E-state index is -4.36. The van der Waals surface area contributed by atoms with Crippen LogP contribution in [0.2, 0.25) is 0 Å². The zero-order chi connectivity index (χ0) is 17.2. The molecule has 3 rings (SSSR count). The molecular formula is C18H19F3N2O. The van der Waals surface area contributed by atoms with Crippen LogP contribution in [0.1, 0.15) is 35.8 Å². The van der Waals surface area contributed by atoms with Crippen molar-refractivity contribution in [1.29, 1.82) is 0 Å². The van der Waals surface area contributed by atoms with Gasteiger partial charge in [0.05, 0.1) is 11.3 Å². The molecule has 1 aromatic heterocycles. The number of aromatic nitrogens is 1. The molecule has 0 radical (unpaired) electrons. The fourth-order valence-corrected chi connectivity index (χ4v) is 3.40. The Morgan fingerprint density at radius 3 is 2.25 bits per heavy atom. The number of hydrogen-bond acceptors (Lipinski definition) is 3. The third-order valence-corrected chi connectivity index (χ3v) is 4.77. The van der Waals surface area contributed by atoms with Crippen molar-refractivity contribution in [3.8, 4) is 0 Å². The van der Waals surface area contributed by atoms with Crippen molar-refractivity contribution < 1.29 is 18.3 Å². The fourth-order valence-electron chi connectivity index (χ4n) is 3.40. The van der Waals surface area contributed by atoms with E-state index in [4.69, 9.17) is 0 Å². The molecule has 0 amide bonds. The van der Waals surface area contributed by atoms with Crippen molar-refractivity contribution in [3.05, 3.63) is 65.5 Å². The minimum Gasteiger partial charge on any atom is -0.386 e. The Kier molecular flexibility index (Phi) is 4.60. The molecule has 0 saturated carbocycles. The van der Waals surface area contributed by atoms with Crippen molar-refractivity contribution in [2.45, 2.75) is 30.5 Å². The van der Waals surface area contributed by atoms with Crippen molar-refractivity contribution >= 4 is 0 Å². The molecule has 1 aliphatic rings. The van der Waals surface area contributed by atoms with Gasteiger partial charge >= 0.3 is 6.18 Å². The number of pyridine rings is 1. The molecule has 0 aliphatic carbocycles. The highest BCUT2D eigenvalue weighted by Crippen LogP contribution is 2.44. The molecular weight excluding hydrogens is 317 g/mol. The van der Waals surface area contributed by atoms with Crippen LogP contribution in [0.4, 0.5) is 13.2 Å². The molecule has 2 aromatic rings. The summed E-state index contributed by atoms with van der Waals surface area (Å²) < 4.78 is 38.4. The molecule has 1 saturated heterocycles. The van der Waals surface area contributed by atoms with Crippen LogP contribution in [0.3, 0.4) is 0 Å². The number of piperidine rings is 1. The first-order valence-electron chi connectivity index (χ1n) is 7.91. The maximum atomic E-state index is 12.8. The summed E-state index contributed by atoms with van der Waals surface area (Å²) in [5.74, 6) is 0. The number of aliphatic hydroxyl groups excluding tert-OH is 1. The summed E-state index contributed by atoms with van der Waals surface area (Å²) in [6, 6.07) is 10.5. The number of nitrogens with one attached hydrogen (secondary N) is 1. The quantitative estimate of drug-likeness (QED) is 0.902. The van der Waals surface area contributed by atoms with Crippen LogP contribution in [0.25, 0.3) is 0 Å². The summed E-state index contributed by atoms with van der Waals surface area (Å²) in [6.45, 7) is 1.40. The van der Waals surface area contributed by atoms with Gasteiger partial charge in [-0.3, -0.25) is 4.98 Å². The molecule has 6 heteroatoms. The van der Waals surface area contributed by atoms with Gasteiger partial charge in [0.15, 0.2) is 0 Å². The monoisotopic (exact) mass is 336 g/mol. The second-order valence-electron chi connectivity index (χ2n) is 6.14. The van der Waals surface area contributed by atoms with Crippen LogP contribution in [0.5, 0.6) is 0 Å². The highest BCUT2D eigenvalue weighted by molar-refractivity contribution is 5.34. The van der Waals surface area contributed by atoms with E-state index in [-0.39, 0.29) is 0 Å². The predicted octanol–water partition coefficient (Wildman–Crippen LogP) is 3.46. The SMILES string of the molecule is OC(c1ccccn1)C1(c2ccc(C(F)(F)F)cc2)CCNCC1. The summed E-state index contributed by atoms with van der Waals surface area (Å²) >= 11 is 0. The standard InChI is InChI=1S/C18H19F3N2O/c19-18(20,21)14-6-4-13(5-7-14)17(8-11-22-12-9-17)16(24)15-3-1-2-10-23-15/h1-7,10,16,22,24H,8-9,11-12H2. The van der Waals surface area contributed by atoms with E-state index >= 15 is 0 Å². The number of halogens is 3. The van der Waals surface area contributed by atoms with Gasteiger partial charge in [0.2, 0.25) is 0 Å². The molecule has 2 N–H and O–H groups in total. The molecule has 1 fully saturated rings. The van der Waals surface area contributed by atoms with Crippen LogP contribution >= 0.6 is 0 Å². The van der Waals surface area contributed by atoms with Crippen LogP contribution < -0.4 is 5.32 Å². The first-order chi connectivity index (χ1) is 11.4. The molecule has 1 unspecified atom stereocenters. The van der Waals surface area contributed by atoms with Crippen LogP contribution in [0, 0.1) is 0 Å². The zero-order valence-electron chi connectivity index (χ0n) is 13.1. The topological polar surface area (TPSA) is 45.2 Å². The Labute approximate surface area is 138 Å². The molecule has 2 heterocycles. The smallest absolute Gasteiger partial charge is 0.386 e. The lowest BCUT2D eigenvalue weighted by Gasteiger charge is -2.41. The van der Waals surface area contributed by atoms with E-state index in [2.05, 4.69) is 10.3 Å². The van der Waals surface area contributed by atoms with Gasteiger partial charge in [0, 0.05) is 11.6 Å². The molecule has 1 atom stereocenters. The van der Waals surface area contributed by atoms with Gasteiger partial charge < -0.3 is 10.4 Å². The largest absolute Gasteiger partial charge is 0.416 e. The molecule has 0 bridgehead atoms. The highest BCUT2D eigenvalue weighted by Gasteiger charge is 2.42. The van der Waals surface area contributed by atoms with E-state index in [1.807, 2.05) is 0 Å². The predicted molar refractivity (Wildman–Crippen MR) is 84.4 cm³/mol. The van der Waals surface area contributed by atoms with Gasteiger partial charge in [-0.2, -0.15) is 13.2 Å². The van der Waals surface area contributed by atoms with Gasteiger partial charge in [-0.1, -0.05) is 18.2 Å². The number of benzene rings is 1. The second kappa shape index (κ2) is 6.53. The maximum Gasteiger partial charge on any atom is 0.416 e. The number of alkyl halides is 3. The summed E-state index contributed by atoms with van der Waals surface area (Å²) in [4.78, 5) is 4.23. The maximum absolute atomic E-state index is 12.8. The van der Waals surface area contributed by atoms with Crippen LogP contribution in [-0.2, 0) is 11.6 Å². The average Bonchev–Trinajstić information content (AvgIpc) is 2.62. The van der Waals surface area contributed by atoms with E-state index in [0.717, 1.165) is 17.7 Å². The van der Waals surface area contributed by atoms with Crippen molar-refractivity contribution in [2.75, 3.05) is 13.1 Å².